The van der Waals surface area contributed by atoms with Gasteiger partial charge in [0, 0.05) is 26.1 Å². The maximum atomic E-state index is 12.8. The van der Waals surface area contributed by atoms with E-state index in [9.17, 15) is 4.79 Å². The molecule has 0 bridgehead atoms. The normalized spacial score (nSPS) is 10.6. The minimum absolute atomic E-state index is 0.174. The zero-order valence-electron chi connectivity index (χ0n) is 16.0. The molecule has 1 aromatic heterocycles. The van der Waals surface area contributed by atoms with Gasteiger partial charge in [-0.2, -0.15) is 0 Å². The molecule has 0 spiro atoms. The molecule has 3 N–H and O–H groups in total. The SMILES string of the molecule is Nc1nc(-c2ccccc2)nc(Sc2ccc(Cl)cc2)c1NC(=O)c1ccc(Cl)cc1. The van der Waals surface area contributed by atoms with E-state index in [0.717, 1.165) is 10.5 Å². The predicted molar refractivity (Wildman–Crippen MR) is 127 cm³/mol. The van der Waals surface area contributed by atoms with Gasteiger partial charge in [0.25, 0.3) is 5.91 Å². The molecule has 0 aliphatic heterocycles. The van der Waals surface area contributed by atoms with Crippen LogP contribution in [-0.4, -0.2) is 15.9 Å². The standard InChI is InChI=1S/C23H16Cl2N4OS/c24-16-8-6-15(7-9-16)22(30)27-19-20(26)28-21(14-4-2-1-3-5-14)29-23(19)31-18-12-10-17(25)11-13-18/h1-13H,(H,27,30)(H2,26,28,29). The number of anilines is 2. The molecule has 5 nitrogen and oxygen atoms in total. The third-order valence-electron chi connectivity index (χ3n) is 4.31. The molecule has 0 saturated heterocycles. The van der Waals surface area contributed by atoms with Gasteiger partial charge in [0.1, 0.15) is 10.7 Å². The van der Waals surface area contributed by atoms with Crippen LogP contribution in [0.5, 0.6) is 0 Å². The molecular formula is C23H16Cl2N4OS. The Kier molecular flexibility index (Phi) is 6.42. The van der Waals surface area contributed by atoms with Crippen LogP contribution in [0.4, 0.5) is 11.5 Å². The van der Waals surface area contributed by atoms with E-state index in [4.69, 9.17) is 28.9 Å². The monoisotopic (exact) mass is 466 g/mol. The number of halogens is 2. The first-order valence-electron chi connectivity index (χ1n) is 9.23. The van der Waals surface area contributed by atoms with Gasteiger partial charge in [-0.15, -0.1) is 0 Å². The van der Waals surface area contributed by atoms with Crippen molar-refractivity contribution < 1.29 is 4.79 Å². The van der Waals surface area contributed by atoms with Crippen LogP contribution in [0.1, 0.15) is 10.4 Å². The number of nitrogen functional groups attached to an aromatic ring is 1. The smallest absolute Gasteiger partial charge is 0.255 e. The fourth-order valence-corrected chi connectivity index (χ4v) is 3.90. The van der Waals surface area contributed by atoms with E-state index in [1.807, 2.05) is 42.5 Å². The van der Waals surface area contributed by atoms with Crippen molar-refractivity contribution in [2.24, 2.45) is 0 Å². The fraction of sp³-hybridized carbons (Fsp3) is 0. The maximum Gasteiger partial charge on any atom is 0.255 e. The van der Waals surface area contributed by atoms with Crippen molar-refractivity contribution in [2.45, 2.75) is 9.92 Å². The number of benzene rings is 3. The highest BCUT2D eigenvalue weighted by Gasteiger charge is 2.18. The van der Waals surface area contributed by atoms with Crippen LogP contribution in [-0.2, 0) is 0 Å². The zero-order valence-corrected chi connectivity index (χ0v) is 18.4. The second kappa shape index (κ2) is 9.39. The third kappa shape index (κ3) is 5.17. The number of amides is 1. The van der Waals surface area contributed by atoms with Gasteiger partial charge in [0.2, 0.25) is 0 Å². The van der Waals surface area contributed by atoms with Crippen LogP contribution in [0.3, 0.4) is 0 Å². The van der Waals surface area contributed by atoms with Gasteiger partial charge in [0.05, 0.1) is 0 Å². The molecule has 0 fully saturated rings. The molecule has 4 aromatic rings. The molecule has 8 heteroatoms. The van der Waals surface area contributed by atoms with Crippen LogP contribution in [0, 0.1) is 0 Å². The Bertz CT molecular complexity index is 1220. The highest BCUT2D eigenvalue weighted by atomic mass is 35.5. The molecule has 154 valence electrons. The predicted octanol–water partition coefficient (Wildman–Crippen LogP) is 6.44. The van der Waals surface area contributed by atoms with E-state index >= 15 is 0 Å². The van der Waals surface area contributed by atoms with Gasteiger partial charge in [0.15, 0.2) is 11.6 Å². The molecule has 4 rings (SSSR count). The van der Waals surface area contributed by atoms with Gasteiger partial charge in [-0.25, -0.2) is 9.97 Å². The Labute approximate surface area is 193 Å². The first-order valence-corrected chi connectivity index (χ1v) is 10.8. The van der Waals surface area contributed by atoms with Crippen molar-refractivity contribution in [3.8, 4) is 11.4 Å². The van der Waals surface area contributed by atoms with Crippen LogP contribution in [0.15, 0.2) is 88.8 Å². The summed E-state index contributed by atoms with van der Waals surface area (Å²) in [6.45, 7) is 0. The first-order chi connectivity index (χ1) is 15.0. The highest BCUT2D eigenvalue weighted by molar-refractivity contribution is 7.99. The number of aromatic nitrogens is 2. The molecule has 0 aliphatic carbocycles. The quantitative estimate of drug-likeness (QED) is 0.331. The lowest BCUT2D eigenvalue weighted by Crippen LogP contribution is -2.15. The zero-order chi connectivity index (χ0) is 21.8. The topological polar surface area (TPSA) is 80.9 Å². The number of carbonyl (C=O) groups excluding carboxylic acids is 1. The average molecular weight is 467 g/mol. The van der Waals surface area contributed by atoms with Crippen molar-refractivity contribution in [1.29, 1.82) is 0 Å². The second-order valence-corrected chi connectivity index (χ2v) is 8.43. The third-order valence-corrected chi connectivity index (χ3v) is 5.81. The molecule has 0 aliphatic rings. The number of rotatable bonds is 5. The molecule has 1 heterocycles. The molecule has 3 aromatic carbocycles. The lowest BCUT2D eigenvalue weighted by molar-refractivity contribution is 0.102. The Balaban J connectivity index is 1.74. The Morgan fingerprint density at radius 3 is 2.10 bits per heavy atom. The summed E-state index contributed by atoms with van der Waals surface area (Å²) in [5.74, 6) is 0.309. The summed E-state index contributed by atoms with van der Waals surface area (Å²) in [5.41, 5.74) is 7.88. The van der Waals surface area contributed by atoms with Crippen LogP contribution >= 0.6 is 35.0 Å². The summed E-state index contributed by atoms with van der Waals surface area (Å²) >= 11 is 13.3. The molecule has 31 heavy (non-hydrogen) atoms. The first kappa shape index (κ1) is 21.2. The lowest BCUT2D eigenvalue weighted by atomic mass is 10.2. The van der Waals surface area contributed by atoms with E-state index in [1.54, 1.807) is 36.4 Å². The van der Waals surface area contributed by atoms with Gasteiger partial charge in [-0.3, -0.25) is 4.79 Å². The average Bonchev–Trinajstić information content (AvgIpc) is 2.78. The fourth-order valence-electron chi connectivity index (χ4n) is 2.77. The minimum Gasteiger partial charge on any atom is -0.382 e. The molecule has 1 amide bonds. The second-order valence-electron chi connectivity index (χ2n) is 6.50. The number of nitrogens with two attached hydrogens (primary N) is 1. The van der Waals surface area contributed by atoms with E-state index in [0.29, 0.717) is 32.1 Å². The highest BCUT2D eigenvalue weighted by Crippen LogP contribution is 2.37. The molecule has 0 unspecified atom stereocenters. The summed E-state index contributed by atoms with van der Waals surface area (Å²) in [6.07, 6.45) is 0. The van der Waals surface area contributed by atoms with Crippen LogP contribution in [0.2, 0.25) is 10.0 Å². The van der Waals surface area contributed by atoms with Crippen molar-refractivity contribution in [1.82, 2.24) is 9.97 Å². The molecule has 0 radical (unpaired) electrons. The minimum atomic E-state index is -0.336. The molecular weight excluding hydrogens is 451 g/mol. The van der Waals surface area contributed by atoms with Gasteiger partial charge < -0.3 is 11.1 Å². The van der Waals surface area contributed by atoms with Crippen molar-refractivity contribution in [3.05, 3.63) is 94.5 Å². The number of hydrogen-bond donors (Lipinski definition) is 2. The molecule has 0 atom stereocenters. The van der Waals surface area contributed by atoms with Gasteiger partial charge in [-0.1, -0.05) is 65.3 Å². The van der Waals surface area contributed by atoms with E-state index < -0.39 is 0 Å². The Morgan fingerprint density at radius 1 is 0.839 bits per heavy atom. The largest absolute Gasteiger partial charge is 0.382 e. The van der Waals surface area contributed by atoms with Crippen molar-refractivity contribution in [3.63, 3.8) is 0 Å². The van der Waals surface area contributed by atoms with E-state index in [1.165, 1.54) is 11.8 Å². The Morgan fingerprint density at radius 2 is 1.45 bits per heavy atom. The van der Waals surface area contributed by atoms with Gasteiger partial charge >= 0.3 is 0 Å². The summed E-state index contributed by atoms with van der Waals surface area (Å²) in [7, 11) is 0. The molecule has 0 saturated carbocycles. The van der Waals surface area contributed by atoms with E-state index in [-0.39, 0.29) is 11.7 Å². The van der Waals surface area contributed by atoms with E-state index in [2.05, 4.69) is 15.3 Å². The van der Waals surface area contributed by atoms with Crippen LogP contribution < -0.4 is 11.1 Å². The lowest BCUT2D eigenvalue weighted by Gasteiger charge is -2.14. The number of carbonyl (C=O) groups is 1. The van der Waals surface area contributed by atoms with Crippen LogP contribution in [0.25, 0.3) is 11.4 Å². The number of nitrogens with one attached hydrogen (secondary N) is 1. The summed E-state index contributed by atoms with van der Waals surface area (Å²) in [5, 5.41) is 4.55. The van der Waals surface area contributed by atoms with Crippen molar-refractivity contribution in [2.75, 3.05) is 11.1 Å². The summed E-state index contributed by atoms with van der Waals surface area (Å²) in [6, 6.07) is 23.4. The summed E-state index contributed by atoms with van der Waals surface area (Å²) < 4.78 is 0. The summed E-state index contributed by atoms with van der Waals surface area (Å²) in [4.78, 5) is 22.8. The number of nitrogens with zero attached hydrogens (tertiary/aromatic N) is 2. The van der Waals surface area contributed by atoms with Gasteiger partial charge in [-0.05, 0) is 48.5 Å². The Hall–Kier alpha value is -3.06. The van der Waals surface area contributed by atoms with Crippen molar-refractivity contribution >= 4 is 52.4 Å². The number of hydrogen-bond acceptors (Lipinski definition) is 5. The maximum absolute atomic E-state index is 12.8.